The molecule has 0 N–H and O–H groups in total. The van der Waals surface area contributed by atoms with Gasteiger partial charge in [-0.1, -0.05) is 48.7 Å². The molecule has 3 aromatic rings. The molecule has 0 aromatic heterocycles. The van der Waals surface area contributed by atoms with Crippen LogP contribution in [0.15, 0.2) is 60.7 Å². The fraction of sp³-hybridized carbons (Fsp3) is 0.259. The molecule has 0 saturated heterocycles. The molecule has 34 heavy (non-hydrogen) atoms. The molecule has 0 radical (unpaired) electrons. The minimum atomic E-state index is -1.30. The van der Waals surface area contributed by atoms with Crippen LogP contribution in [0.1, 0.15) is 57.5 Å². The average molecular weight is 484 g/mol. The number of carbonyl (C=O) groups is 2. The standard InChI is InChI=1S/C27H24ClNO4.Na/c28-25-11-8-19(14-24(25)27(31)32)18-5-3-4-17(12-18)16-33-22-9-10-23-20(13-22)15-29(26(23)30)21-6-1-2-7-21;/h3-5,8-14,21H,1-2,6-7,15-16H2,(H,31,32);/q;+1/p-1. The molecule has 0 unspecified atom stereocenters. The first kappa shape index (κ1) is 24.8. The molecule has 1 saturated carbocycles. The smallest absolute Gasteiger partial charge is 0.545 e. The van der Waals surface area contributed by atoms with Gasteiger partial charge in [-0.05, 0) is 71.5 Å². The van der Waals surface area contributed by atoms with Crippen molar-refractivity contribution < 1.29 is 49.0 Å². The Kier molecular flexibility index (Phi) is 7.68. The van der Waals surface area contributed by atoms with Crippen molar-refractivity contribution in [2.24, 2.45) is 0 Å². The number of carbonyl (C=O) groups excluding carboxylic acids is 2. The van der Waals surface area contributed by atoms with Crippen molar-refractivity contribution >= 4 is 23.5 Å². The number of benzene rings is 3. The zero-order valence-electron chi connectivity index (χ0n) is 19.1. The van der Waals surface area contributed by atoms with E-state index in [2.05, 4.69) is 0 Å². The Morgan fingerprint density at radius 1 is 1.03 bits per heavy atom. The number of nitrogens with zero attached hydrogens (tertiary/aromatic N) is 1. The number of hydrogen-bond acceptors (Lipinski definition) is 4. The van der Waals surface area contributed by atoms with E-state index in [1.165, 1.54) is 18.9 Å². The van der Waals surface area contributed by atoms with Crippen LogP contribution in [0.2, 0.25) is 5.02 Å². The van der Waals surface area contributed by atoms with Crippen molar-refractivity contribution in [1.82, 2.24) is 4.90 Å². The van der Waals surface area contributed by atoms with Gasteiger partial charge in [0.2, 0.25) is 0 Å². The molecule has 1 aliphatic heterocycles. The summed E-state index contributed by atoms with van der Waals surface area (Å²) in [7, 11) is 0. The summed E-state index contributed by atoms with van der Waals surface area (Å²) in [5.74, 6) is -0.441. The number of amides is 1. The van der Waals surface area contributed by atoms with Gasteiger partial charge in [0.15, 0.2) is 0 Å². The average Bonchev–Trinajstić information content (AvgIpc) is 3.46. The second kappa shape index (κ2) is 10.5. The van der Waals surface area contributed by atoms with Gasteiger partial charge < -0.3 is 19.5 Å². The molecule has 2 aliphatic rings. The second-order valence-corrected chi connectivity index (χ2v) is 9.07. The summed E-state index contributed by atoms with van der Waals surface area (Å²) in [6, 6.07) is 18.6. The molecule has 5 nitrogen and oxygen atoms in total. The summed E-state index contributed by atoms with van der Waals surface area (Å²) in [6.07, 6.45) is 4.58. The van der Waals surface area contributed by atoms with E-state index in [9.17, 15) is 14.7 Å². The third-order valence-corrected chi connectivity index (χ3v) is 6.86. The fourth-order valence-corrected chi connectivity index (χ4v) is 4.98. The third kappa shape index (κ3) is 5.03. The van der Waals surface area contributed by atoms with Crippen molar-refractivity contribution in [3.8, 4) is 16.9 Å². The Morgan fingerprint density at radius 3 is 2.56 bits per heavy atom. The first-order valence-corrected chi connectivity index (χ1v) is 11.5. The van der Waals surface area contributed by atoms with Gasteiger partial charge in [-0.15, -0.1) is 0 Å². The van der Waals surface area contributed by atoms with E-state index in [-0.39, 0.29) is 46.1 Å². The minimum Gasteiger partial charge on any atom is -0.545 e. The molecule has 0 atom stereocenters. The van der Waals surface area contributed by atoms with Crippen LogP contribution in [0.5, 0.6) is 5.75 Å². The molecule has 1 fully saturated rings. The van der Waals surface area contributed by atoms with Crippen LogP contribution in [0.4, 0.5) is 0 Å². The zero-order valence-corrected chi connectivity index (χ0v) is 21.8. The molecule has 5 rings (SSSR count). The number of hydrogen-bond donors (Lipinski definition) is 0. The number of fused-ring (bicyclic) bond motifs is 1. The normalized spacial score (nSPS) is 15.2. The van der Waals surface area contributed by atoms with Crippen LogP contribution in [-0.4, -0.2) is 22.8 Å². The molecule has 0 bridgehead atoms. The number of rotatable bonds is 6. The van der Waals surface area contributed by atoms with Crippen molar-refractivity contribution in [3.05, 3.63) is 87.9 Å². The molecule has 168 valence electrons. The summed E-state index contributed by atoms with van der Waals surface area (Å²) in [4.78, 5) is 26.1. The molecule has 1 amide bonds. The van der Waals surface area contributed by atoms with Crippen molar-refractivity contribution in [2.45, 2.75) is 44.9 Å². The van der Waals surface area contributed by atoms with Crippen LogP contribution < -0.4 is 39.4 Å². The number of aromatic carboxylic acids is 1. The Hall–Kier alpha value is -2.31. The predicted molar refractivity (Wildman–Crippen MR) is 124 cm³/mol. The first-order valence-electron chi connectivity index (χ1n) is 11.2. The van der Waals surface area contributed by atoms with E-state index in [4.69, 9.17) is 16.3 Å². The van der Waals surface area contributed by atoms with Crippen molar-refractivity contribution in [1.29, 1.82) is 0 Å². The second-order valence-electron chi connectivity index (χ2n) is 8.66. The summed E-state index contributed by atoms with van der Waals surface area (Å²) < 4.78 is 6.03. The summed E-state index contributed by atoms with van der Waals surface area (Å²) >= 11 is 5.96. The molecule has 0 spiro atoms. The Balaban J connectivity index is 0.00000274. The Bertz CT molecular complexity index is 1240. The van der Waals surface area contributed by atoms with E-state index >= 15 is 0 Å². The van der Waals surface area contributed by atoms with Crippen LogP contribution >= 0.6 is 11.6 Å². The molecular weight excluding hydrogens is 461 g/mol. The summed E-state index contributed by atoms with van der Waals surface area (Å²) in [5, 5.41) is 11.4. The van der Waals surface area contributed by atoms with Crippen molar-refractivity contribution in [3.63, 3.8) is 0 Å². The molecule has 1 heterocycles. The van der Waals surface area contributed by atoms with Crippen LogP contribution in [0, 0.1) is 0 Å². The third-order valence-electron chi connectivity index (χ3n) is 6.53. The van der Waals surface area contributed by atoms with E-state index in [1.54, 1.807) is 12.1 Å². The fourth-order valence-electron chi connectivity index (χ4n) is 4.79. The van der Waals surface area contributed by atoms with E-state index < -0.39 is 5.97 Å². The largest absolute Gasteiger partial charge is 1.00 e. The molecule has 3 aromatic carbocycles. The van der Waals surface area contributed by atoms with E-state index in [0.29, 0.717) is 19.2 Å². The van der Waals surface area contributed by atoms with Gasteiger partial charge in [-0.2, -0.15) is 0 Å². The van der Waals surface area contributed by atoms with Gasteiger partial charge in [-0.3, -0.25) is 4.79 Å². The van der Waals surface area contributed by atoms with Gasteiger partial charge >= 0.3 is 29.6 Å². The minimum absolute atomic E-state index is 0. The van der Waals surface area contributed by atoms with Crippen LogP contribution in [0.3, 0.4) is 0 Å². The van der Waals surface area contributed by atoms with Gasteiger partial charge in [0, 0.05) is 28.7 Å². The van der Waals surface area contributed by atoms with Gasteiger partial charge in [-0.25, -0.2) is 0 Å². The van der Waals surface area contributed by atoms with Crippen LogP contribution in [0.25, 0.3) is 11.1 Å². The Morgan fingerprint density at radius 2 is 1.79 bits per heavy atom. The Labute approximate surface area is 226 Å². The maximum absolute atomic E-state index is 12.8. The molecule has 1 aliphatic carbocycles. The van der Waals surface area contributed by atoms with Crippen molar-refractivity contribution in [2.75, 3.05) is 0 Å². The number of ether oxygens (including phenoxy) is 1. The number of carboxylic acids is 1. The van der Waals surface area contributed by atoms with Crippen LogP contribution in [-0.2, 0) is 13.2 Å². The van der Waals surface area contributed by atoms with Gasteiger partial charge in [0.1, 0.15) is 12.4 Å². The number of halogens is 1. The summed E-state index contributed by atoms with van der Waals surface area (Å²) in [5.41, 5.74) is 4.32. The molecular formula is C27H23ClNNaO4. The van der Waals surface area contributed by atoms with E-state index in [0.717, 1.165) is 46.4 Å². The quantitative estimate of drug-likeness (QED) is 0.502. The first-order chi connectivity index (χ1) is 16.0. The van der Waals surface area contributed by atoms with Gasteiger partial charge in [0.05, 0.1) is 5.97 Å². The maximum Gasteiger partial charge on any atom is 1.00 e. The zero-order chi connectivity index (χ0) is 22.9. The maximum atomic E-state index is 12.8. The SMILES string of the molecule is O=C([O-])c1cc(-c2cccc(COc3ccc4c(c3)CN(C3CCCC3)C4=O)c2)ccc1Cl.[Na+]. The van der Waals surface area contributed by atoms with E-state index in [1.807, 2.05) is 47.4 Å². The predicted octanol–water partition coefficient (Wildman–Crippen LogP) is 1.85. The number of carboxylic acid groups (broad SMARTS) is 1. The monoisotopic (exact) mass is 483 g/mol. The van der Waals surface area contributed by atoms with Gasteiger partial charge in [0.25, 0.3) is 5.91 Å². The summed E-state index contributed by atoms with van der Waals surface area (Å²) in [6.45, 7) is 1.01. The molecule has 7 heteroatoms. The topological polar surface area (TPSA) is 69.7 Å².